The number of thioether (sulfide) groups is 1. The van der Waals surface area contributed by atoms with Crippen molar-refractivity contribution in [3.8, 4) is 11.8 Å². The molecule has 0 unspecified atom stereocenters. The number of aromatic nitrogens is 2. The molecule has 29 heavy (non-hydrogen) atoms. The van der Waals surface area contributed by atoms with Gasteiger partial charge in [0.25, 0.3) is 0 Å². The summed E-state index contributed by atoms with van der Waals surface area (Å²) in [7, 11) is 0. The van der Waals surface area contributed by atoms with Gasteiger partial charge in [-0.1, -0.05) is 42.1 Å². The molecule has 7 heteroatoms. The van der Waals surface area contributed by atoms with Crippen LogP contribution in [-0.4, -0.2) is 21.9 Å². The Bertz CT molecular complexity index is 1030. The number of carbonyl (C=O) groups is 1. The molecule has 1 aromatic heterocycles. The van der Waals surface area contributed by atoms with E-state index in [1.165, 1.54) is 11.8 Å². The van der Waals surface area contributed by atoms with Gasteiger partial charge < -0.3 is 10.1 Å². The van der Waals surface area contributed by atoms with E-state index in [2.05, 4.69) is 21.6 Å². The Labute approximate surface area is 173 Å². The minimum atomic E-state index is -0.183. The molecule has 3 rings (SSSR count). The van der Waals surface area contributed by atoms with E-state index in [1.807, 2.05) is 49.4 Å². The summed E-state index contributed by atoms with van der Waals surface area (Å²) in [4.78, 5) is 12.2. The van der Waals surface area contributed by atoms with Crippen LogP contribution in [0.1, 0.15) is 22.4 Å². The van der Waals surface area contributed by atoms with Crippen LogP contribution in [-0.2, 0) is 11.4 Å². The van der Waals surface area contributed by atoms with E-state index < -0.39 is 0 Å². The molecule has 146 valence electrons. The molecule has 0 aliphatic carbocycles. The largest absolute Gasteiger partial charge is 0.489 e. The second kappa shape index (κ2) is 9.71. The van der Waals surface area contributed by atoms with Crippen molar-refractivity contribution < 1.29 is 9.53 Å². The molecule has 0 fully saturated rings. The molecule has 3 aromatic rings. The predicted molar refractivity (Wildman–Crippen MR) is 113 cm³/mol. The Morgan fingerprint density at radius 2 is 1.83 bits per heavy atom. The highest BCUT2D eigenvalue weighted by atomic mass is 32.2. The highest BCUT2D eigenvalue weighted by Gasteiger charge is 2.13. The van der Waals surface area contributed by atoms with Gasteiger partial charge in [0.05, 0.1) is 17.0 Å². The first kappa shape index (κ1) is 20.4. The molecule has 1 heterocycles. The summed E-state index contributed by atoms with van der Waals surface area (Å²) in [6, 6.07) is 19.3. The van der Waals surface area contributed by atoms with Crippen LogP contribution >= 0.6 is 11.8 Å². The molecular formula is C22H20N4O2S. The quantitative estimate of drug-likeness (QED) is 0.592. The number of anilines is 1. The van der Waals surface area contributed by atoms with Crippen LogP contribution in [0.5, 0.6) is 5.75 Å². The van der Waals surface area contributed by atoms with E-state index in [0.29, 0.717) is 28.6 Å². The molecule has 0 saturated carbocycles. The van der Waals surface area contributed by atoms with Gasteiger partial charge in [0.15, 0.2) is 0 Å². The molecule has 1 amide bonds. The van der Waals surface area contributed by atoms with Gasteiger partial charge in [-0.2, -0.15) is 10.4 Å². The maximum absolute atomic E-state index is 12.2. The second-order valence-electron chi connectivity index (χ2n) is 6.34. The van der Waals surface area contributed by atoms with Crippen molar-refractivity contribution in [3.63, 3.8) is 0 Å². The third kappa shape index (κ3) is 5.56. The summed E-state index contributed by atoms with van der Waals surface area (Å²) in [6.45, 7) is 4.12. The number of nitriles is 1. The number of nitrogens with one attached hydrogen (secondary N) is 1. The minimum absolute atomic E-state index is 0.137. The van der Waals surface area contributed by atoms with Gasteiger partial charge in [-0.3, -0.25) is 4.79 Å². The van der Waals surface area contributed by atoms with Gasteiger partial charge in [0.1, 0.15) is 23.5 Å². The Hall–Kier alpha value is -3.37. The standard InChI is InChI=1S/C22H20N4O2S/c1-15-16(2)25-26-22(20(15)12-23)29-14-21(27)24-18-8-10-19(11-9-18)28-13-17-6-4-3-5-7-17/h3-11H,13-14H2,1-2H3,(H,24,27). The molecule has 0 saturated heterocycles. The third-order valence-electron chi connectivity index (χ3n) is 4.26. The fourth-order valence-corrected chi connectivity index (χ4v) is 3.31. The zero-order valence-corrected chi connectivity index (χ0v) is 17.0. The highest BCUT2D eigenvalue weighted by molar-refractivity contribution is 8.00. The average molecular weight is 404 g/mol. The number of aryl methyl sites for hydroxylation is 1. The van der Waals surface area contributed by atoms with Gasteiger partial charge in [0.2, 0.25) is 5.91 Å². The van der Waals surface area contributed by atoms with Crippen molar-refractivity contribution in [2.24, 2.45) is 0 Å². The topological polar surface area (TPSA) is 87.9 Å². The average Bonchev–Trinajstić information content (AvgIpc) is 2.75. The summed E-state index contributed by atoms with van der Waals surface area (Å²) in [5.41, 5.74) is 3.74. The van der Waals surface area contributed by atoms with E-state index in [9.17, 15) is 10.1 Å². The summed E-state index contributed by atoms with van der Waals surface area (Å²) in [5, 5.41) is 20.7. The zero-order chi connectivity index (χ0) is 20.6. The number of nitrogens with zero attached hydrogens (tertiary/aromatic N) is 3. The van der Waals surface area contributed by atoms with Gasteiger partial charge in [0, 0.05) is 5.69 Å². The van der Waals surface area contributed by atoms with Crippen molar-refractivity contribution in [2.45, 2.75) is 25.5 Å². The summed E-state index contributed by atoms with van der Waals surface area (Å²) >= 11 is 1.20. The van der Waals surface area contributed by atoms with E-state index >= 15 is 0 Å². The summed E-state index contributed by atoms with van der Waals surface area (Å²) in [5.74, 6) is 0.681. The number of rotatable bonds is 7. The van der Waals surface area contributed by atoms with Crippen LogP contribution in [0.25, 0.3) is 0 Å². The second-order valence-corrected chi connectivity index (χ2v) is 7.30. The number of hydrogen-bond donors (Lipinski definition) is 1. The molecule has 1 N–H and O–H groups in total. The summed E-state index contributed by atoms with van der Waals surface area (Å²) < 4.78 is 5.74. The first-order valence-corrected chi connectivity index (χ1v) is 9.99. The summed E-state index contributed by atoms with van der Waals surface area (Å²) in [6.07, 6.45) is 0. The highest BCUT2D eigenvalue weighted by Crippen LogP contribution is 2.23. The first-order valence-electron chi connectivity index (χ1n) is 9.00. The van der Waals surface area contributed by atoms with Crippen LogP contribution in [0.3, 0.4) is 0 Å². The van der Waals surface area contributed by atoms with Crippen molar-refractivity contribution in [1.82, 2.24) is 10.2 Å². The maximum atomic E-state index is 12.2. The number of amides is 1. The van der Waals surface area contributed by atoms with Crippen molar-refractivity contribution in [1.29, 1.82) is 5.26 Å². The molecule has 0 aliphatic heterocycles. The molecule has 2 aromatic carbocycles. The normalized spacial score (nSPS) is 10.2. The zero-order valence-electron chi connectivity index (χ0n) is 16.2. The van der Waals surface area contributed by atoms with E-state index in [1.54, 1.807) is 19.1 Å². The molecule has 0 atom stereocenters. The monoisotopic (exact) mass is 404 g/mol. The molecule has 0 radical (unpaired) electrons. The lowest BCUT2D eigenvalue weighted by Gasteiger charge is -2.09. The van der Waals surface area contributed by atoms with E-state index in [0.717, 1.165) is 16.9 Å². The fraction of sp³-hybridized carbons (Fsp3) is 0.182. The van der Waals surface area contributed by atoms with Crippen molar-refractivity contribution in [2.75, 3.05) is 11.1 Å². The number of benzene rings is 2. The first-order chi connectivity index (χ1) is 14.1. The van der Waals surface area contributed by atoms with Crippen molar-refractivity contribution in [3.05, 3.63) is 77.0 Å². The van der Waals surface area contributed by atoms with Crippen LogP contribution in [0.15, 0.2) is 59.6 Å². The van der Waals surface area contributed by atoms with Crippen LogP contribution < -0.4 is 10.1 Å². The minimum Gasteiger partial charge on any atom is -0.489 e. The number of carbonyl (C=O) groups excluding carboxylic acids is 1. The predicted octanol–water partition coefficient (Wildman–Crippen LogP) is 4.27. The molecule has 0 spiro atoms. The lowest BCUT2D eigenvalue weighted by Crippen LogP contribution is -2.14. The van der Waals surface area contributed by atoms with Gasteiger partial charge in [-0.15, -0.1) is 5.10 Å². The molecular weight excluding hydrogens is 384 g/mol. The van der Waals surface area contributed by atoms with Gasteiger partial charge in [-0.05, 0) is 49.2 Å². The Balaban J connectivity index is 1.52. The van der Waals surface area contributed by atoms with E-state index in [-0.39, 0.29) is 11.7 Å². The van der Waals surface area contributed by atoms with E-state index in [4.69, 9.17) is 4.74 Å². The molecule has 0 bridgehead atoms. The Kier molecular flexibility index (Phi) is 6.82. The van der Waals surface area contributed by atoms with Crippen LogP contribution in [0.2, 0.25) is 0 Å². The Morgan fingerprint density at radius 1 is 1.10 bits per heavy atom. The SMILES string of the molecule is Cc1nnc(SCC(=O)Nc2ccc(OCc3ccccc3)cc2)c(C#N)c1C. The lowest BCUT2D eigenvalue weighted by atomic mass is 10.1. The van der Waals surface area contributed by atoms with Crippen molar-refractivity contribution >= 4 is 23.4 Å². The number of ether oxygens (including phenoxy) is 1. The maximum Gasteiger partial charge on any atom is 0.234 e. The third-order valence-corrected chi connectivity index (χ3v) is 5.23. The smallest absolute Gasteiger partial charge is 0.234 e. The van der Waals surface area contributed by atoms with Gasteiger partial charge >= 0.3 is 0 Å². The lowest BCUT2D eigenvalue weighted by molar-refractivity contribution is -0.113. The van der Waals surface area contributed by atoms with Crippen LogP contribution in [0.4, 0.5) is 5.69 Å². The molecule has 0 aliphatic rings. The Morgan fingerprint density at radius 3 is 2.52 bits per heavy atom. The molecule has 6 nitrogen and oxygen atoms in total. The van der Waals surface area contributed by atoms with Crippen LogP contribution in [0, 0.1) is 25.2 Å². The number of hydrogen-bond acceptors (Lipinski definition) is 6. The van der Waals surface area contributed by atoms with Gasteiger partial charge in [-0.25, -0.2) is 0 Å². The fourth-order valence-electron chi connectivity index (χ4n) is 2.53.